The van der Waals surface area contributed by atoms with Gasteiger partial charge in [0.15, 0.2) is 0 Å². The Morgan fingerprint density at radius 2 is 1.82 bits per heavy atom. The standard InChI is InChI=1S/C12H13BrN2O2/c1-7-5-8(13)10(6-9(7)14)15-11(16)3-2-4-12(15)17/h5-6H,2-4,14H2,1H3. The molecule has 2 rings (SSSR count). The van der Waals surface area contributed by atoms with Crippen LogP contribution in [0.4, 0.5) is 11.4 Å². The van der Waals surface area contributed by atoms with E-state index in [1.807, 2.05) is 13.0 Å². The third-order valence-electron chi connectivity index (χ3n) is 2.86. The number of amides is 2. The van der Waals surface area contributed by atoms with Gasteiger partial charge in [0.1, 0.15) is 0 Å². The third-order valence-corrected chi connectivity index (χ3v) is 3.49. The highest BCUT2D eigenvalue weighted by Gasteiger charge is 2.29. The van der Waals surface area contributed by atoms with Gasteiger partial charge in [0.2, 0.25) is 11.8 Å². The summed E-state index contributed by atoms with van der Waals surface area (Å²) in [5.74, 6) is -0.324. The predicted molar refractivity (Wildman–Crippen MR) is 69.6 cm³/mol. The quantitative estimate of drug-likeness (QED) is 0.639. The molecule has 1 heterocycles. The largest absolute Gasteiger partial charge is 0.398 e. The number of imide groups is 1. The number of carbonyl (C=O) groups excluding carboxylic acids is 2. The fraction of sp³-hybridized carbons (Fsp3) is 0.333. The molecular formula is C12H13BrN2O2. The summed E-state index contributed by atoms with van der Waals surface area (Å²) in [4.78, 5) is 24.8. The van der Waals surface area contributed by atoms with E-state index in [0.29, 0.717) is 35.1 Å². The van der Waals surface area contributed by atoms with Gasteiger partial charge in [-0.05, 0) is 47.0 Å². The van der Waals surface area contributed by atoms with Crippen molar-refractivity contribution < 1.29 is 9.59 Å². The molecule has 1 fully saturated rings. The Morgan fingerprint density at radius 3 is 2.41 bits per heavy atom. The van der Waals surface area contributed by atoms with E-state index in [4.69, 9.17) is 5.73 Å². The van der Waals surface area contributed by atoms with Gasteiger partial charge >= 0.3 is 0 Å². The van der Waals surface area contributed by atoms with Crippen molar-refractivity contribution >= 4 is 39.1 Å². The maximum atomic E-state index is 11.8. The molecule has 1 aromatic rings. The molecular weight excluding hydrogens is 284 g/mol. The maximum Gasteiger partial charge on any atom is 0.233 e. The first kappa shape index (κ1) is 12.1. The highest BCUT2D eigenvalue weighted by atomic mass is 79.9. The van der Waals surface area contributed by atoms with Gasteiger partial charge in [0.25, 0.3) is 0 Å². The molecule has 17 heavy (non-hydrogen) atoms. The number of hydrogen-bond donors (Lipinski definition) is 1. The number of piperidine rings is 1. The predicted octanol–water partition coefficient (Wildman–Crippen LogP) is 2.38. The van der Waals surface area contributed by atoms with Crippen molar-refractivity contribution in [3.63, 3.8) is 0 Å². The second kappa shape index (κ2) is 4.49. The zero-order valence-corrected chi connectivity index (χ0v) is 11.1. The summed E-state index contributed by atoms with van der Waals surface area (Å²) in [5, 5.41) is 0. The van der Waals surface area contributed by atoms with Gasteiger partial charge in [0.05, 0.1) is 5.69 Å². The zero-order chi connectivity index (χ0) is 12.6. The number of nitrogens with zero attached hydrogens (tertiary/aromatic N) is 1. The van der Waals surface area contributed by atoms with Gasteiger partial charge in [-0.3, -0.25) is 9.59 Å². The molecule has 2 N–H and O–H groups in total. The lowest BCUT2D eigenvalue weighted by atomic mass is 10.1. The number of rotatable bonds is 1. The van der Waals surface area contributed by atoms with Gasteiger partial charge in [0, 0.05) is 23.0 Å². The van der Waals surface area contributed by atoms with Crippen LogP contribution >= 0.6 is 15.9 Å². The molecule has 0 aliphatic carbocycles. The first-order chi connectivity index (χ1) is 8.00. The van der Waals surface area contributed by atoms with Crippen LogP contribution in [0.2, 0.25) is 0 Å². The molecule has 0 saturated carbocycles. The molecule has 0 radical (unpaired) electrons. The number of anilines is 2. The van der Waals surface area contributed by atoms with Gasteiger partial charge in [-0.2, -0.15) is 0 Å². The van der Waals surface area contributed by atoms with Crippen molar-refractivity contribution in [3.8, 4) is 0 Å². The van der Waals surface area contributed by atoms with Crippen molar-refractivity contribution in [2.24, 2.45) is 0 Å². The van der Waals surface area contributed by atoms with Crippen LogP contribution in [0, 0.1) is 6.92 Å². The summed E-state index contributed by atoms with van der Waals surface area (Å²) in [5.41, 5.74) is 7.85. The van der Waals surface area contributed by atoms with Crippen LogP contribution in [-0.2, 0) is 9.59 Å². The number of benzene rings is 1. The number of hydrogen-bond acceptors (Lipinski definition) is 3. The fourth-order valence-corrected chi connectivity index (χ4v) is 2.51. The summed E-state index contributed by atoms with van der Waals surface area (Å²) in [6.45, 7) is 1.88. The molecule has 1 aliphatic rings. The summed E-state index contributed by atoms with van der Waals surface area (Å²) < 4.78 is 0.716. The zero-order valence-electron chi connectivity index (χ0n) is 9.50. The van der Waals surface area contributed by atoms with Crippen molar-refractivity contribution in [2.45, 2.75) is 26.2 Å². The topological polar surface area (TPSA) is 63.4 Å². The van der Waals surface area contributed by atoms with Crippen LogP contribution in [0.5, 0.6) is 0 Å². The van der Waals surface area contributed by atoms with Gasteiger partial charge in [-0.25, -0.2) is 4.90 Å². The molecule has 1 saturated heterocycles. The summed E-state index contributed by atoms with van der Waals surface area (Å²) in [7, 11) is 0. The molecule has 1 aromatic carbocycles. The second-order valence-electron chi connectivity index (χ2n) is 4.14. The Bertz CT molecular complexity index is 484. The van der Waals surface area contributed by atoms with Gasteiger partial charge < -0.3 is 5.73 Å². The van der Waals surface area contributed by atoms with Crippen molar-refractivity contribution in [3.05, 3.63) is 22.2 Å². The van der Waals surface area contributed by atoms with Crippen LogP contribution in [-0.4, -0.2) is 11.8 Å². The number of nitrogens with two attached hydrogens (primary N) is 1. The van der Waals surface area contributed by atoms with Crippen LogP contribution in [0.15, 0.2) is 16.6 Å². The molecule has 0 bridgehead atoms. The van der Waals surface area contributed by atoms with Crippen molar-refractivity contribution in [1.29, 1.82) is 0 Å². The van der Waals surface area contributed by atoms with E-state index in [9.17, 15) is 9.59 Å². The lowest BCUT2D eigenvalue weighted by molar-refractivity contribution is -0.129. The minimum Gasteiger partial charge on any atom is -0.398 e. The van der Waals surface area contributed by atoms with Crippen LogP contribution < -0.4 is 10.6 Å². The Morgan fingerprint density at radius 1 is 1.24 bits per heavy atom. The molecule has 2 amide bonds. The Labute approximate surface area is 108 Å². The smallest absolute Gasteiger partial charge is 0.233 e. The van der Waals surface area contributed by atoms with E-state index in [0.717, 1.165) is 5.56 Å². The van der Waals surface area contributed by atoms with Crippen LogP contribution in [0.1, 0.15) is 24.8 Å². The van der Waals surface area contributed by atoms with E-state index in [1.54, 1.807) is 6.07 Å². The third kappa shape index (κ3) is 2.20. The van der Waals surface area contributed by atoms with Crippen LogP contribution in [0.25, 0.3) is 0 Å². The minimum atomic E-state index is -0.162. The molecule has 0 spiro atoms. The average Bonchev–Trinajstić information content (AvgIpc) is 2.25. The Hall–Kier alpha value is -1.36. The second-order valence-corrected chi connectivity index (χ2v) is 4.99. The highest BCUT2D eigenvalue weighted by molar-refractivity contribution is 9.10. The SMILES string of the molecule is Cc1cc(Br)c(N2C(=O)CCCC2=O)cc1N. The lowest BCUT2D eigenvalue weighted by Gasteiger charge is -2.26. The maximum absolute atomic E-state index is 11.8. The summed E-state index contributed by atoms with van der Waals surface area (Å²) >= 11 is 3.37. The molecule has 0 unspecified atom stereocenters. The molecule has 1 aliphatic heterocycles. The number of nitrogen functional groups attached to an aromatic ring is 1. The number of carbonyl (C=O) groups is 2. The van der Waals surface area contributed by atoms with Gasteiger partial charge in [-0.1, -0.05) is 0 Å². The van der Waals surface area contributed by atoms with E-state index >= 15 is 0 Å². The monoisotopic (exact) mass is 296 g/mol. The number of halogens is 1. The lowest BCUT2D eigenvalue weighted by Crippen LogP contribution is -2.40. The Balaban J connectivity index is 2.48. The van der Waals surface area contributed by atoms with Crippen LogP contribution in [0.3, 0.4) is 0 Å². The number of aryl methyl sites for hydroxylation is 1. The first-order valence-electron chi connectivity index (χ1n) is 5.42. The van der Waals surface area contributed by atoms with Gasteiger partial charge in [-0.15, -0.1) is 0 Å². The van der Waals surface area contributed by atoms with E-state index in [1.165, 1.54) is 4.90 Å². The molecule has 0 aromatic heterocycles. The van der Waals surface area contributed by atoms with E-state index < -0.39 is 0 Å². The Kier molecular flexibility index (Phi) is 3.19. The average molecular weight is 297 g/mol. The molecule has 0 atom stereocenters. The van der Waals surface area contributed by atoms with Crippen molar-refractivity contribution in [1.82, 2.24) is 0 Å². The molecule has 4 nitrogen and oxygen atoms in total. The van der Waals surface area contributed by atoms with E-state index in [-0.39, 0.29) is 11.8 Å². The van der Waals surface area contributed by atoms with E-state index in [2.05, 4.69) is 15.9 Å². The first-order valence-corrected chi connectivity index (χ1v) is 6.21. The normalized spacial score (nSPS) is 16.5. The summed E-state index contributed by atoms with van der Waals surface area (Å²) in [6.07, 6.45) is 1.45. The fourth-order valence-electron chi connectivity index (χ4n) is 1.87. The molecule has 90 valence electrons. The summed E-state index contributed by atoms with van der Waals surface area (Å²) in [6, 6.07) is 3.49. The van der Waals surface area contributed by atoms with Crippen molar-refractivity contribution in [2.75, 3.05) is 10.6 Å². The highest BCUT2D eigenvalue weighted by Crippen LogP contribution is 2.33. The molecule has 5 heteroatoms. The minimum absolute atomic E-state index is 0.162.